The lowest BCUT2D eigenvalue weighted by Crippen LogP contribution is -2.38. The van der Waals surface area contributed by atoms with Crippen LogP contribution in [-0.2, 0) is 4.74 Å². The van der Waals surface area contributed by atoms with E-state index in [1.54, 1.807) is 11.8 Å². The number of hydrogen-bond donors (Lipinski definition) is 1. The van der Waals surface area contributed by atoms with E-state index in [0.29, 0.717) is 38.0 Å². The fourth-order valence-electron chi connectivity index (χ4n) is 4.11. The van der Waals surface area contributed by atoms with E-state index in [4.69, 9.17) is 9.26 Å². The molecule has 1 spiro atoms. The van der Waals surface area contributed by atoms with E-state index in [0.717, 1.165) is 23.4 Å². The van der Waals surface area contributed by atoms with Gasteiger partial charge in [0.1, 0.15) is 0 Å². The first-order valence-electron chi connectivity index (χ1n) is 9.18. The lowest BCUT2D eigenvalue weighted by atomic mass is 9.72. The van der Waals surface area contributed by atoms with Gasteiger partial charge < -0.3 is 19.5 Å². The summed E-state index contributed by atoms with van der Waals surface area (Å²) in [6.07, 6.45) is 3.81. The predicted octanol–water partition coefficient (Wildman–Crippen LogP) is 3.53. The summed E-state index contributed by atoms with van der Waals surface area (Å²) in [6.45, 7) is 4.48. The Morgan fingerprint density at radius 2 is 2.19 bits per heavy atom. The van der Waals surface area contributed by atoms with Crippen molar-refractivity contribution in [2.24, 2.45) is 5.41 Å². The number of thioether (sulfide) groups is 1. The first kappa shape index (κ1) is 18.3. The molecule has 144 valence electrons. The SMILES string of the molecule is CSc1cccc(NC(=O)N2C[C@@H](c3nc(C)no3)C3(CCOCC3)C2)c1. The van der Waals surface area contributed by atoms with Crippen LogP contribution in [0.2, 0.25) is 0 Å². The Morgan fingerprint density at radius 3 is 2.89 bits per heavy atom. The van der Waals surface area contributed by atoms with Crippen LogP contribution in [0.4, 0.5) is 10.5 Å². The van der Waals surface area contributed by atoms with Crippen molar-refractivity contribution >= 4 is 23.5 Å². The number of rotatable bonds is 3. The van der Waals surface area contributed by atoms with Gasteiger partial charge in [0, 0.05) is 42.3 Å². The van der Waals surface area contributed by atoms with Crippen molar-refractivity contribution in [3.05, 3.63) is 36.0 Å². The van der Waals surface area contributed by atoms with Crippen LogP contribution in [0.1, 0.15) is 30.5 Å². The van der Waals surface area contributed by atoms with Gasteiger partial charge in [0.2, 0.25) is 5.89 Å². The third-order valence-corrected chi connectivity index (χ3v) is 6.31. The molecule has 0 bridgehead atoms. The van der Waals surface area contributed by atoms with Crippen molar-refractivity contribution in [1.82, 2.24) is 15.0 Å². The Kier molecular flexibility index (Phi) is 5.10. The monoisotopic (exact) mass is 388 g/mol. The summed E-state index contributed by atoms with van der Waals surface area (Å²) in [5, 5.41) is 6.99. The second-order valence-electron chi connectivity index (χ2n) is 7.25. The van der Waals surface area contributed by atoms with Crippen LogP contribution in [0.3, 0.4) is 0 Å². The average molecular weight is 388 g/mol. The van der Waals surface area contributed by atoms with Gasteiger partial charge in [-0.2, -0.15) is 4.98 Å². The van der Waals surface area contributed by atoms with Crippen LogP contribution in [0.15, 0.2) is 33.7 Å². The zero-order valence-corrected chi connectivity index (χ0v) is 16.4. The molecule has 1 N–H and O–H groups in total. The van der Waals surface area contributed by atoms with Gasteiger partial charge >= 0.3 is 6.03 Å². The van der Waals surface area contributed by atoms with E-state index in [2.05, 4.69) is 15.5 Å². The molecule has 0 unspecified atom stereocenters. The predicted molar refractivity (Wildman–Crippen MR) is 103 cm³/mol. The molecule has 2 amide bonds. The smallest absolute Gasteiger partial charge is 0.321 e. The molecule has 8 heteroatoms. The molecule has 1 atom stereocenters. The fourth-order valence-corrected chi connectivity index (χ4v) is 4.57. The maximum Gasteiger partial charge on any atom is 0.321 e. The molecule has 0 radical (unpaired) electrons. The van der Waals surface area contributed by atoms with E-state index in [1.807, 2.05) is 42.3 Å². The molecule has 2 aromatic rings. The van der Waals surface area contributed by atoms with Crippen LogP contribution in [0.5, 0.6) is 0 Å². The number of ether oxygens (including phenoxy) is 1. The van der Waals surface area contributed by atoms with Crippen LogP contribution in [0.25, 0.3) is 0 Å². The number of likely N-dealkylation sites (tertiary alicyclic amines) is 1. The standard InChI is InChI=1S/C19H24N4O3S/c1-13-20-17(26-22-13)16-11-23(12-19(16)6-8-25-9-7-19)18(24)21-14-4-3-5-15(10-14)27-2/h3-5,10,16H,6-9,11-12H2,1-2H3,(H,21,24)/t16-/m0/s1. The number of aromatic nitrogens is 2. The van der Waals surface area contributed by atoms with Crippen molar-refractivity contribution in [1.29, 1.82) is 0 Å². The van der Waals surface area contributed by atoms with Gasteiger partial charge in [-0.05, 0) is 44.2 Å². The van der Waals surface area contributed by atoms with Crippen molar-refractivity contribution in [3.8, 4) is 0 Å². The lowest BCUT2D eigenvalue weighted by molar-refractivity contribution is 0.00959. The molecule has 2 saturated heterocycles. The number of aryl methyl sites for hydroxylation is 1. The summed E-state index contributed by atoms with van der Waals surface area (Å²) < 4.78 is 11.1. The summed E-state index contributed by atoms with van der Waals surface area (Å²) >= 11 is 1.65. The molecule has 4 rings (SSSR count). The minimum atomic E-state index is -0.0853. The molecule has 0 aliphatic carbocycles. The largest absolute Gasteiger partial charge is 0.381 e. The normalized spacial score (nSPS) is 21.6. The molecular weight excluding hydrogens is 364 g/mol. The van der Waals surface area contributed by atoms with Gasteiger partial charge in [-0.1, -0.05) is 11.2 Å². The molecule has 7 nitrogen and oxygen atoms in total. The summed E-state index contributed by atoms with van der Waals surface area (Å²) in [6, 6.07) is 7.80. The molecule has 1 aromatic heterocycles. The highest BCUT2D eigenvalue weighted by Gasteiger charge is 2.51. The lowest BCUT2D eigenvalue weighted by Gasteiger charge is -2.36. The second-order valence-corrected chi connectivity index (χ2v) is 8.13. The third-order valence-electron chi connectivity index (χ3n) is 5.59. The van der Waals surface area contributed by atoms with Gasteiger partial charge in [-0.15, -0.1) is 11.8 Å². The Hall–Kier alpha value is -2.06. The number of urea groups is 1. The summed E-state index contributed by atoms with van der Waals surface area (Å²) in [5.74, 6) is 1.31. The van der Waals surface area contributed by atoms with Gasteiger partial charge in [0.25, 0.3) is 0 Å². The Balaban J connectivity index is 1.54. The molecule has 2 aliphatic rings. The van der Waals surface area contributed by atoms with E-state index in [1.165, 1.54) is 0 Å². The van der Waals surface area contributed by atoms with Gasteiger partial charge in [0.05, 0.1) is 5.92 Å². The summed E-state index contributed by atoms with van der Waals surface area (Å²) in [4.78, 5) is 20.4. The van der Waals surface area contributed by atoms with Gasteiger partial charge in [-0.3, -0.25) is 0 Å². The fraction of sp³-hybridized carbons (Fsp3) is 0.526. The van der Waals surface area contributed by atoms with Crippen LogP contribution < -0.4 is 5.32 Å². The third kappa shape index (κ3) is 3.68. The van der Waals surface area contributed by atoms with Crippen molar-refractivity contribution in [2.75, 3.05) is 37.9 Å². The van der Waals surface area contributed by atoms with Crippen molar-refractivity contribution < 1.29 is 14.1 Å². The van der Waals surface area contributed by atoms with Crippen LogP contribution >= 0.6 is 11.8 Å². The van der Waals surface area contributed by atoms with Crippen molar-refractivity contribution in [3.63, 3.8) is 0 Å². The number of nitrogens with zero attached hydrogens (tertiary/aromatic N) is 3. The average Bonchev–Trinajstić information content (AvgIpc) is 3.26. The Morgan fingerprint density at radius 1 is 1.37 bits per heavy atom. The Labute approximate surface area is 162 Å². The van der Waals surface area contributed by atoms with E-state index in [-0.39, 0.29) is 17.4 Å². The minimum absolute atomic E-state index is 0.0471. The maximum absolute atomic E-state index is 12.9. The molecule has 27 heavy (non-hydrogen) atoms. The highest BCUT2D eigenvalue weighted by molar-refractivity contribution is 7.98. The number of benzene rings is 1. The number of carbonyl (C=O) groups excluding carboxylic acids is 1. The van der Waals surface area contributed by atoms with Crippen molar-refractivity contribution in [2.45, 2.75) is 30.6 Å². The van der Waals surface area contributed by atoms with E-state index >= 15 is 0 Å². The van der Waals surface area contributed by atoms with Crippen LogP contribution in [-0.4, -0.2) is 53.6 Å². The van der Waals surface area contributed by atoms with E-state index in [9.17, 15) is 4.79 Å². The number of anilines is 1. The topological polar surface area (TPSA) is 80.5 Å². The molecule has 0 saturated carbocycles. The quantitative estimate of drug-likeness (QED) is 0.810. The maximum atomic E-state index is 12.9. The summed E-state index contributed by atoms with van der Waals surface area (Å²) in [5.41, 5.74) is 0.750. The molecule has 3 heterocycles. The highest BCUT2D eigenvalue weighted by atomic mass is 32.2. The molecule has 1 aromatic carbocycles. The Bertz CT molecular complexity index is 819. The number of hydrogen-bond acceptors (Lipinski definition) is 6. The number of nitrogens with one attached hydrogen (secondary N) is 1. The molecule has 2 fully saturated rings. The van der Waals surface area contributed by atoms with E-state index < -0.39 is 0 Å². The number of carbonyl (C=O) groups is 1. The summed E-state index contributed by atoms with van der Waals surface area (Å²) in [7, 11) is 0. The van der Waals surface area contributed by atoms with Gasteiger partial charge in [-0.25, -0.2) is 4.79 Å². The zero-order valence-electron chi connectivity index (χ0n) is 15.6. The minimum Gasteiger partial charge on any atom is -0.381 e. The molecular formula is C19H24N4O3S. The second kappa shape index (κ2) is 7.52. The molecule has 2 aliphatic heterocycles. The van der Waals surface area contributed by atoms with Gasteiger partial charge in [0.15, 0.2) is 5.82 Å². The highest BCUT2D eigenvalue weighted by Crippen LogP contribution is 2.49. The first-order valence-corrected chi connectivity index (χ1v) is 10.4. The first-order chi connectivity index (χ1) is 13.1. The van der Waals surface area contributed by atoms with Crippen LogP contribution in [0, 0.1) is 12.3 Å². The zero-order chi connectivity index (χ0) is 18.9. The number of amides is 2.